The minimum absolute atomic E-state index is 0.157. The number of rotatable bonds is 5. The van der Waals surface area contributed by atoms with Crippen LogP contribution >= 0.6 is 0 Å². The summed E-state index contributed by atoms with van der Waals surface area (Å²) in [7, 11) is 0. The first kappa shape index (κ1) is 13.7. The first-order valence-corrected chi connectivity index (χ1v) is 5.35. The molecule has 0 saturated carbocycles. The number of para-hydroxylation sites is 1. The Hall–Kier alpha value is -2.36. The highest BCUT2D eigenvalue weighted by molar-refractivity contribution is 5.90. The Morgan fingerprint density at radius 3 is 2.50 bits per heavy atom. The zero-order chi connectivity index (χ0) is 13.5. The Balaban J connectivity index is 2.55. The number of aliphatic carboxylic acids is 1. The molecule has 0 unspecified atom stereocenters. The summed E-state index contributed by atoms with van der Waals surface area (Å²) in [5.41, 5.74) is 0.378. The van der Waals surface area contributed by atoms with Gasteiger partial charge in [0.05, 0.1) is 0 Å². The Kier molecular flexibility index (Phi) is 4.87. The van der Waals surface area contributed by atoms with Gasteiger partial charge in [0.15, 0.2) is 0 Å². The van der Waals surface area contributed by atoms with Gasteiger partial charge in [-0.25, -0.2) is 9.59 Å². The van der Waals surface area contributed by atoms with Crippen molar-refractivity contribution < 1.29 is 19.4 Å². The molecular weight excluding hydrogens is 232 g/mol. The molecule has 1 aromatic rings. The lowest BCUT2D eigenvalue weighted by molar-refractivity contribution is -0.133. The smallest absolute Gasteiger partial charge is 0.339 e. The number of allylic oxidation sites excluding steroid dienone is 1. The second-order valence-electron chi connectivity index (χ2n) is 3.70. The van der Waals surface area contributed by atoms with E-state index >= 15 is 0 Å². The van der Waals surface area contributed by atoms with Crippen LogP contribution in [0, 0.1) is 0 Å². The van der Waals surface area contributed by atoms with Crippen LogP contribution in [0.1, 0.15) is 13.3 Å². The second kappa shape index (κ2) is 6.39. The van der Waals surface area contributed by atoms with E-state index in [0.29, 0.717) is 5.75 Å². The lowest BCUT2D eigenvalue weighted by Crippen LogP contribution is -2.10. The number of benzene rings is 1. The molecule has 18 heavy (non-hydrogen) atoms. The first-order valence-electron chi connectivity index (χ1n) is 5.35. The van der Waals surface area contributed by atoms with Crippen LogP contribution in [-0.2, 0) is 9.59 Å². The summed E-state index contributed by atoms with van der Waals surface area (Å²) in [6.45, 7) is 5.03. The molecule has 0 radical (unpaired) electrons. The summed E-state index contributed by atoms with van der Waals surface area (Å²) in [6, 6.07) is 8.62. The predicted molar refractivity (Wildman–Crippen MR) is 67.2 cm³/mol. The topological polar surface area (TPSA) is 63.6 Å². The average Bonchev–Trinajstić information content (AvgIpc) is 2.36. The Bertz CT molecular complexity index is 486. The molecule has 0 atom stereocenters. The van der Waals surface area contributed by atoms with Crippen molar-refractivity contribution in [1.82, 2.24) is 0 Å². The maximum absolute atomic E-state index is 11.6. The van der Waals surface area contributed by atoms with E-state index in [-0.39, 0.29) is 17.6 Å². The van der Waals surface area contributed by atoms with Crippen LogP contribution in [0.3, 0.4) is 0 Å². The average molecular weight is 246 g/mol. The van der Waals surface area contributed by atoms with Gasteiger partial charge in [0, 0.05) is 11.1 Å². The maximum Gasteiger partial charge on any atom is 0.339 e. The van der Waals surface area contributed by atoms with Crippen molar-refractivity contribution in [2.45, 2.75) is 13.3 Å². The van der Waals surface area contributed by atoms with Crippen molar-refractivity contribution in [3.63, 3.8) is 0 Å². The van der Waals surface area contributed by atoms with E-state index in [1.807, 2.05) is 6.07 Å². The van der Waals surface area contributed by atoms with Gasteiger partial charge in [-0.3, -0.25) is 0 Å². The van der Waals surface area contributed by atoms with Gasteiger partial charge in [-0.05, 0) is 25.5 Å². The molecule has 0 aliphatic rings. The third-order valence-corrected chi connectivity index (χ3v) is 2.23. The van der Waals surface area contributed by atoms with Crippen molar-refractivity contribution in [2.75, 3.05) is 0 Å². The fraction of sp³-hybridized carbons (Fsp3) is 0.143. The van der Waals surface area contributed by atoms with Crippen LogP contribution in [0.4, 0.5) is 0 Å². The molecular formula is C14H14O4. The van der Waals surface area contributed by atoms with Crippen molar-refractivity contribution in [3.8, 4) is 5.75 Å². The molecule has 0 spiro atoms. The summed E-state index contributed by atoms with van der Waals surface area (Å²) in [5, 5.41) is 8.65. The number of hydrogen-bond donors (Lipinski definition) is 1. The molecule has 0 aliphatic carbocycles. The van der Waals surface area contributed by atoms with E-state index in [0.717, 1.165) is 0 Å². The van der Waals surface area contributed by atoms with Crippen LogP contribution in [0.15, 0.2) is 54.1 Å². The molecule has 4 heteroatoms. The van der Waals surface area contributed by atoms with E-state index in [9.17, 15) is 9.59 Å². The minimum atomic E-state index is -1.01. The monoisotopic (exact) mass is 246 g/mol. The lowest BCUT2D eigenvalue weighted by Gasteiger charge is -2.04. The minimum Gasteiger partial charge on any atom is -0.478 e. The van der Waals surface area contributed by atoms with Crippen LogP contribution in [0.5, 0.6) is 5.75 Å². The third kappa shape index (κ3) is 4.25. The molecule has 0 bridgehead atoms. The molecule has 1 aromatic carbocycles. The van der Waals surface area contributed by atoms with Crippen LogP contribution in [-0.4, -0.2) is 17.0 Å². The SMILES string of the molecule is C=C(CC=C(C)C(=O)O)C(=O)Oc1ccccc1. The molecule has 0 aromatic heterocycles. The molecule has 0 amide bonds. The van der Waals surface area contributed by atoms with Gasteiger partial charge in [-0.1, -0.05) is 30.9 Å². The number of carbonyl (C=O) groups excluding carboxylic acids is 1. The summed E-state index contributed by atoms with van der Waals surface area (Å²) in [5.74, 6) is -1.14. The fourth-order valence-electron chi connectivity index (χ4n) is 1.11. The van der Waals surface area contributed by atoms with E-state index in [2.05, 4.69) is 6.58 Å². The van der Waals surface area contributed by atoms with Crippen molar-refractivity contribution in [2.24, 2.45) is 0 Å². The quantitative estimate of drug-likeness (QED) is 0.492. The standard InChI is InChI=1S/C14H14O4/c1-10(13(15)16)8-9-11(2)14(17)18-12-6-4-3-5-7-12/h3-8H,2,9H2,1H3,(H,15,16). The molecule has 94 valence electrons. The van der Waals surface area contributed by atoms with Crippen molar-refractivity contribution in [1.29, 1.82) is 0 Å². The normalized spacial score (nSPS) is 10.8. The molecule has 0 aliphatic heterocycles. The summed E-state index contributed by atoms with van der Waals surface area (Å²) in [6.07, 6.45) is 1.58. The number of carbonyl (C=O) groups is 2. The van der Waals surface area contributed by atoms with Gasteiger partial charge in [0.1, 0.15) is 5.75 Å². The number of esters is 1. The van der Waals surface area contributed by atoms with Crippen molar-refractivity contribution in [3.05, 3.63) is 54.1 Å². The number of hydrogen-bond acceptors (Lipinski definition) is 3. The Labute approximate surface area is 105 Å². The highest BCUT2D eigenvalue weighted by Crippen LogP contribution is 2.12. The lowest BCUT2D eigenvalue weighted by atomic mass is 10.1. The predicted octanol–water partition coefficient (Wildman–Crippen LogP) is 2.57. The molecule has 0 saturated heterocycles. The Morgan fingerprint density at radius 2 is 1.94 bits per heavy atom. The molecule has 1 N–H and O–H groups in total. The Morgan fingerprint density at radius 1 is 1.33 bits per heavy atom. The second-order valence-corrected chi connectivity index (χ2v) is 3.70. The van der Waals surface area contributed by atoms with Crippen LogP contribution < -0.4 is 4.74 Å². The van der Waals surface area contributed by atoms with E-state index in [1.54, 1.807) is 24.3 Å². The third-order valence-electron chi connectivity index (χ3n) is 2.23. The number of carboxylic acids is 1. The number of carboxylic acid groups (broad SMARTS) is 1. The maximum atomic E-state index is 11.6. The largest absolute Gasteiger partial charge is 0.478 e. The van der Waals surface area contributed by atoms with E-state index < -0.39 is 11.9 Å². The summed E-state index contributed by atoms with van der Waals surface area (Å²) < 4.78 is 5.05. The van der Waals surface area contributed by atoms with Gasteiger partial charge in [0.25, 0.3) is 0 Å². The van der Waals surface area contributed by atoms with Crippen LogP contribution in [0.2, 0.25) is 0 Å². The van der Waals surface area contributed by atoms with Crippen molar-refractivity contribution >= 4 is 11.9 Å². The molecule has 4 nitrogen and oxygen atoms in total. The zero-order valence-corrected chi connectivity index (χ0v) is 10.1. The van der Waals surface area contributed by atoms with Gasteiger partial charge < -0.3 is 9.84 Å². The molecule has 1 rings (SSSR count). The van der Waals surface area contributed by atoms with Gasteiger partial charge >= 0.3 is 11.9 Å². The van der Waals surface area contributed by atoms with Crippen LogP contribution in [0.25, 0.3) is 0 Å². The first-order chi connectivity index (χ1) is 8.50. The van der Waals surface area contributed by atoms with Gasteiger partial charge in [-0.2, -0.15) is 0 Å². The van der Waals surface area contributed by atoms with E-state index in [1.165, 1.54) is 13.0 Å². The summed E-state index contributed by atoms with van der Waals surface area (Å²) >= 11 is 0. The molecule has 0 fully saturated rings. The number of ether oxygens (including phenoxy) is 1. The summed E-state index contributed by atoms with van der Waals surface area (Å²) in [4.78, 5) is 22.2. The highest BCUT2D eigenvalue weighted by Gasteiger charge is 2.09. The zero-order valence-electron chi connectivity index (χ0n) is 10.1. The molecule has 0 heterocycles. The highest BCUT2D eigenvalue weighted by atomic mass is 16.5. The fourth-order valence-corrected chi connectivity index (χ4v) is 1.11. The van der Waals surface area contributed by atoms with Gasteiger partial charge in [-0.15, -0.1) is 0 Å². The van der Waals surface area contributed by atoms with E-state index in [4.69, 9.17) is 9.84 Å². The van der Waals surface area contributed by atoms with Gasteiger partial charge in [0.2, 0.25) is 0 Å².